The Balaban J connectivity index is 2.24. The van der Waals surface area contributed by atoms with Gasteiger partial charge in [0, 0.05) is 25.3 Å². The first-order valence-electron chi connectivity index (χ1n) is 16.7. The van der Waals surface area contributed by atoms with Crippen LogP contribution in [0.3, 0.4) is 0 Å². The summed E-state index contributed by atoms with van der Waals surface area (Å²) in [6.45, 7) is 14.1. The van der Waals surface area contributed by atoms with Crippen LogP contribution in [0, 0.1) is 11.8 Å². The molecule has 9 unspecified atom stereocenters. The van der Waals surface area contributed by atoms with Crippen LogP contribution in [0.25, 0.3) is 0 Å². The number of fused-ring (bicyclic) bond motifs is 3. The molecule has 1 heterocycles. The molecule has 2 N–H and O–H groups in total. The van der Waals surface area contributed by atoms with Gasteiger partial charge < -0.3 is 33.9 Å². The number of carbonyl (C=O) groups excluding carboxylic acids is 5. The zero-order valence-electron chi connectivity index (χ0n) is 29.2. The van der Waals surface area contributed by atoms with Crippen molar-refractivity contribution < 1.29 is 57.9 Å². The summed E-state index contributed by atoms with van der Waals surface area (Å²) in [6, 6.07) is 0. The standard InChI is InChI=1S/C35H52O12/c1-10-13-14-15-16-17-24(37)44-28-26-25(21(6)27(28)45-31(39)20(5)12-3)29-35(42,34(9,41)32(40)46-29)23(43-30(38)19(4)11-2)18-33(26,8)47-22(7)36/h12,19,23,26-29,41-42H,10-11,13-18H2,1-9H3. The molecule has 2 aliphatic carbocycles. The van der Waals surface area contributed by atoms with Crippen LogP contribution >= 0.6 is 0 Å². The van der Waals surface area contributed by atoms with Crippen molar-refractivity contribution in [2.45, 2.75) is 155 Å². The summed E-state index contributed by atoms with van der Waals surface area (Å²) in [7, 11) is 0. The van der Waals surface area contributed by atoms with E-state index in [9.17, 15) is 34.2 Å². The van der Waals surface area contributed by atoms with Gasteiger partial charge in [0.25, 0.3) is 0 Å². The minimum atomic E-state index is -2.58. The molecule has 0 spiro atoms. The summed E-state index contributed by atoms with van der Waals surface area (Å²) in [5.41, 5.74) is -6.16. The molecule has 2 fully saturated rings. The molecule has 47 heavy (non-hydrogen) atoms. The van der Waals surface area contributed by atoms with E-state index < -0.39 is 89.3 Å². The topological polar surface area (TPSA) is 172 Å². The van der Waals surface area contributed by atoms with Gasteiger partial charge in [-0.15, -0.1) is 0 Å². The average Bonchev–Trinajstić information content (AvgIpc) is 3.33. The van der Waals surface area contributed by atoms with Crippen LogP contribution in [0.15, 0.2) is 22.8 Å². The van der Waals surface area contributed by atoms with Crippen LogP contribution in [0.4, 0.5) is 0 Å². The summed E-state index contributed by atoms with van der Waals surface area (Å²) in [5, 5.41) is 24.0. The van der Waals surface area contributed by atoms with Crippen LogP contribution in [0.5, 0.6) is 0 Å². The first-order chi connectivity index (χ1) is 21.9. The highest BCUT2D eigenvalue weighted by Gasteiger charge is 2.76. The second-order valence-corrected chi connectivity index (χ2v) is 13.6. The molecular formula is C35H52O12. The Morgan fingerprint density at radius 3 is 2.23 bits per heavy atom. The van der Waals surface area contributed by atoms with Gasteiger partial charge in [0.15, 0.2) is 29.5 Å². The van der Waals surface area contributed by atoms with E-state index in [0.29, 0.717) is 12.8 Å². The van der Waals surface area contributed by atoms with Crippen molar-refractivity contribution in [2.75, 3.05) is 0 Å². The smallest absolute Gasteiger partial charge is 0.341 e. The van der Waals surface area contributed by atoms with E-state index in [0.717, 1.165) is 32.6 Å². The fourth-order valence-corrected chi connectivity index (χ4v) is 6.90. The minimum absolute atomic E-state index is 0.0758. The molecule has 12 nitrogen and oxygen atoms in total. The van der Waals surface area contributed by atoms with Gasteiger partial charge in [-0.2, -0.15) is 0 Å². The van der Waals surface area contributed by atoms with Gasteiger partial charge in [-0.25, -0.2) is 9.59 Å². The fraction of sp³-hybridized carbons (Fsp3) is 0.743. The van der Waals surface area contributed by atoms with Crippen LogP contribution in [0.1, 0.15) is 114 Å². The van der Waals surface area contributed by atoms with Gasteiger partial charge in [0.1, 0.15) is 11.7 Å². The molecule has 9 atom stereocenters. The van der Waals surface area contributed by atoms with Crippen molar-refractivity contribution in [2.24, 2.45) is 11.8 Å². The third-order valence-corrected chi connectivity index (χ3v) is 10.1. The normalized spacial score (nSPS) is 34.1. The zero-order chi connectivity index (χ0) is 35.5. The lowest BCUT2D eigenvalue weighted by Crippen LogP contribution is -2.64. The Kier molecular flexibility index (Phi) is 12.1. The quantitative estimate of drug-likeness (QED) is 0.0948. The number of ether oxygens (including phenoxy) is 5. The van der Waals surface area contributed by atoms with Crippen LogP contribution in [-0.4, -0.2) is 81.3 Å². The summed E-state index contributed by atoms with van der Waals surface area (Å²) in [6.07, 6.45) is 0.230. The van der Waals surface area contributed by atoms with Gasteiger partial charge in [-0.1, -0.05) is 52.5 Å². The molecule has 0 radical (unpaired) electrons. The van der Waals surface area contributed by atoms with Crippen molar-refractivity contribution in [3.8, 4) is 0 Å². The predicted octanol–water partition coefficient (Wildman–Crippen LogP) is 4.17. The summed E-state index contributed by atoms with van der Waals surface area (Å²) in [5.74, 6) is -5.64. The monoisotopic (exact) mass is 664 g/mol. The molecule has 12 heteroatoms. The highest BCUT2D eigenvalue weighted by molar-refractivity contribution is 5.88. The van der Waals surface area contributed by atoms with Gasteiger partial charge in [-0.05, 0) is 58.6 Å². The fourth-order valence-electron chi connectivity index (χ4n) is 6.90. The Morgan fingerprint density at radius 2 is 1.66 bits per heavy atom. The lowest BCUT2D eigenvalue weighted by atomic mass is 9.75. The average molecular weight is 665 g/mol. The summed E-state index contributed by atoms with van der Waals surface area (Å²) in [4.78, 5) is 65.6. The first kappa shape index (κ1) is 38.2. The molecule has 0 amide bonds. The number of hydrogen-bond donors (Lipinski definition) is 2. The Morgan fingerprint density at radius 1 is 1.02 bits per heavy atom. The van der Waals surface area contributed by atoms with Gasteiger partial charge >= 0.3 is 29.8 Å². The van der Waals surface area contributed by atoms with Crippen molar-refractivity contribution in [3.05, 3.63) is 22.8 Å². The molecule has 264 valence electrons. The predicted molar refractivity (Wildman–Crippen MR) is 168 cm³/mol. The third kappa shape index (κ3) is 7.28. The molecule has 1 aliphatic heterocycles. The van der Waals surface area contributed by atoms with Gasteiger partial charge in [0.05, 0.1) is 11.8 Å². The maximum absolute atomic E-state index is 13.4. The van der Waals surface area contributed by atoms with Gasteiger partial charge in [-0.3, -0.25) is 14.4 Å². The SMILES string of the molecule is CC=C(C)C(=O)OC1C(C)=C2C(C1OC(=O)CCCCCCC)C(C)(OC(C)=O)CC(OC(=O)C(C)CC)C1(O)C2OC(=O)C1(C)O. The summed E-state index contributed by atoms with van der Waals surface area (Å²) < 4.78 is 29.5. The van der Waals surface area contributed by atoms with E-state index in [-0.39, 0.29) is 23.1 Å². The molecule has 0 bridgehead atoms. The summed E-state index contributed by atoms with van der Waals surface area (Å²) >= 11 is 0. The molecule has 1 saturated carbocycles. The lowest BCUT2D eigenvalue weighted by molar-refractivity contribution is -0.214. The van der Waals surface area contributed by atoms with E-state index in [2.05, 4.69) is 6.92 Å². The van der Waals surface area contributed by atoms with E-state index in [1.165, 1.54) is 13.8 Å². The highest BCUT2D eigenvalue weighted by Crippen LogP contribution is 2.57. The number of unbranched alkanes of at least 4 members (excludes halogenated alkanes) is 4. The number of carbonyl (C=O) groups is 5. The number of hydrogen-bond acceptors (Lipinski definition) is 12. The van der Waals surface area contributed by atoms with Crippen LogP contribution in [-0.2, 0) is 47.7 Å². The number of esters is 5. The molecule has 0 aromatic carbocycles. The zero-order valence-corrected chi connectivity index (χ0v) is 29.2. The molecule has 0 aromatic heterocycles. The largest absolute Gasteiger partial charge is 0.459 e. The number of aliphatic hydroxyl groups is 2. The Labute approximate surface area is 277 Å². The minimum Gasteiger partial charge on any atom is -0.459 e. The lowest BCUT2D eigenvalue weighted by Gasteiger charge is -2.42. The third-order valence-electron chi connectivity index (χ3n) is 10.1. The molecular weight excluding hydrogens is 612 g/mol. The van der Waals surface area contributed by atoms with E-state index in [4.69, 9.17) is 23.7 Å². The van der Waals surface area contributed by atoms with Gasteiger partial charge in [0.2, 0.25) is 0 Å². The van der Waals surface area contributed by atoms with E-state index in [1.54, 1.807) is 40.7 Å². The Bertz CT molecular complexity index is 1300. The molecule has 0 aromatic rings. The van der Waals surface area contributed by atoms with Crippen LogP contribution < -0.4 is 0 Å². The van der Waals surface area contributed by atoms with Crippen molar-refractivity contribution >= 4 is 29.8 Å². The van der Waals surface area contributed by atoms with E-state index in [1.807, 2.05) is 0 Å². The van der Waals surface area contributed by atoms with Crippen molar-refractivity contribution in [3.63, 3.8) is 0 Å². The second-order valence-electron chi connectivity index (χ2n) is 13.6. The molecule has 3 aliphatic rings. The molecule has 3 rings (SSSR count). The molecule has 1 saturated heterocycles. The van der Waals surface area contributed by atoms with Crippen molar-refractivity contribution in [1.29, 1.82) is 0 Å². The van der Waals surface area contributed by atoms with E-state index >= 15 is 0 Å². The highest BCUT2D eigenvalue weighted by atomic mass is 16.6. The second kappa shape index (κ2) is 14.9. The maximum Gasteiger partial charge on any atom is 0.341 e. The Hall–Kier alpha value is -3.25. The van der Waals surface area contributed by atoms with Crippen LogP contribution in [0.2, 0.25) is 0 Å². The van der Waals surface area contributed by atoms with Crippen molar-refractivity contribution in [1.82, 2.24) is 0 Å². The first-order valence-corrected chi connectivity index (χ1v) is 16.7. The maximum atomic E-state index is 13.4. The number of allylic oxidation sites excluding steroid dienone is 1. The number of rotatable bonds is 13.